The van der Waals surface area contributed by atoms with Crippen LogP contribution >= 0.6 is 0 Å². The standard InChI is InChI=1S/C19H20FNO3/c1-21-17(10-11-18(21)19(22)23)13-6-8-15(9-7-13)24-12-14-4-2-3-5-16(14)20/h2-9,17-18H,10-12H2,1H3,(H,22,23)/t17-,18+/m1/s1. The van der Waals surface area contributed by atoms with Gasteiger partial charge >= 0.3 is 5.97 Å². The molecule has 0 bridgehead atoms. The van der Waals surface area contributed by atoms with Crippen LogP contribution in [0.5, 0.6) is 5.75 Å². The Bertz CT molecular complexity index is 717. The zero-order chi connectivity index (χ0) is 17.1. The fourth-order valence-electron chi connectivity index (χ4n) is 3.20. The highest BCUT2D eigenvalue weighted by Crippen LogP contribution is 2.35. The summed E-state index contributed by atoms with van der Waals surface area (Å²) in [6.45, 7) is 0.177. The van der Waals surface area contributed by atoms with Crippen LogP contribution in [0.15, 0.2) is 48.5 Å². The second kappa shape index (κ2) is 7.01. The molecule has 1 heterocycles. The molecule has 1 saturated heterocycles. The summed E-state index contributed by atoms with van der Waals surface area (Å²) in [6, 6.07) is 13.8. The molecule has 0 spiro atoms. The lowest BCUT2D eigenvalue weighted by Crippen LogP contribution is -2.34. The zero-order valence-corrected chi connectivity index (χ0v) is 13.5. The quantitative estimate of drug-likeness (QED) is 0.910. The number of hydrogen-bond donors (Lipinski definition) is 1. The summed E-state index contributed by atoms with van der Waals surface area (Å²) < 4.78 is 19.2. The molecule has 1 aliphatic rings. The largest absolute Gasteiger partial charge is 0.489 e. The third-order valence-corrected chi connectivity index (χ3v) is 4.60. The van der Waals surface area contributed by atoms with Gasteiger partial charge in [-0.1, -0.05) is 30.3 Å². The molecule has 3 rings (SSSR count). The van der Waals surface area contributed by atoms with E-state index in [2.05, 4.69) is 0 Å². The first-order valence-corrected chi connectivity index (χ1v) is 7.97. The molecule has 2 aromatic rings. The maximum absolute atomic E-state index is 13.6. The van der Waals surface area contributed by atoms with E-state index in [4.69, 9.17) is 4.74 Å². The highest BCUT2D eigenvalue weighted by Gasteiger charge is 2.35. The number of carboxylic acid groups (broad SMARTS) is 1. The van der Waals surface area contributed by atoms with Gasteiger partial charge in [0.1, 0.15) is 24.2 Å². The van der Waals surface area contributed by atoms with Gasteiger partial charge in [-0.3, -0.25) is 9.69 Å². The van der Waals surface area contributed by atoms with Crippen LogP contribution in [0.4, 0.5) is 4.39 Å². The van der Waals surface area contributed by atoms with E-state index in [0.29, 0.717) is 17.7 Å². The van der Waals surface area contributed by atoms with Gasteiger partial charge in [-0.2, -0.15) is 0 Å². The number of likely N-dealkylation sites (tertiary alicyclic amines) is 1. The summed E-state index contributed by atoms with van der Waals surface area (Å²) in [4.78, 5) is 13.1. The number of aliphatic carboxylic acids is 1. The third-order valence-electron chi connectivity index (χ3n) is 4.60. The maximum Gasteiger partial charge on any atom is 0.320 e. The van der Waals surface area contributed by atoms with E-state index in [0.717, 1.165) is 12.0 Å². The molecule has 1 fully saturated rings. The molecule has 126 valence electrons. The smallest absolute Gasteiger partial charge is 0.320 e. The van der Waals surface area contributed by atoms with Crippen LogP contribution in [0.25, 0.3) is 0 Å². The molecule has 0 aliphatic carbocycles. The van der Waals surface area contributed by atoms with Crippen LogP contribution < -0.4 is 4.74 Å². The Morgan fingerprint density at radius 2 is 1.92 bits per heavy atom. The van der Waals surface area contributed by atoms with Crippen molar-refractivity contribution in [2.24, 2.45) is 0 Å². The van der Waals surface area contributed by atoms with Gasteiger partial charge < -0.3 is 9.84 Å². The zero-order valence-electron chi connectivity index (χ0n) is 13.5. The van der Waals surface area contributed by atoms with Gasteiger partial charge in [0.05, 0.1) is 0 Å². The number of halogens is 1. The van der Waals surface area contributed by atoms with Gasteiger partial charge in [0.25, 0.3) is 0 Å². The number of nitrogens with zero attached hydrogens (tertiary/aromatic N) is 1. The van der Waals surface area contributed by atoms with E-state index >= 15 is 0 Å². The van der Waals surface area contributed by atoms with Crippen molar-refractivity contribution in [3.63, 3.8) is 0 Å². The lowest BCUT2D eigenvalue weighted by molar-refractivity contribution is -0.142. The van der Waals surface area contributed by atoms with Crippen molar-refractivity contribution in [1.82, 2.24) is 4.90 Å². The third kappa shape index (κ3) is 3.41. The second-order valence-electron chi connectivity index (χ2n) is 6.06. The van der Waals surface area contributed by atoms with Gasteiger partial charge in [0, 0.05) is 11.6 Å². The normalized spacial score (nSPS) is 20.9. The monoisotopic (exact) mass is 329 g/mol. The van der Waals surface area contributed by atoms with Crippen molar-refractivity contribution in [2.75, 3.05) is 7.05 Å². The van der Waals surface area contributed by atoms with Crippen LogP contribution in [-0.2, 0) is 11.4 Å². The molecule has 1 aliphatic heterocycles. The molecule has 24 heavy (non-hydrogen) atoms. The Kier molecular flexibility index (Phi) is 4.81. The van der Waals surface area contributed by atoms with E-state index in [-0.39, 0.29) is 18.5 Å². The van der Waals surface area contributed by atoms with Gasteiger partial charge in [0.15, 0.2) is 0 Å². The van der Waals surface area contributed by atoms with Crippen molar-refractivity contribution in [2.45, 2.75) is 31.5 Å². The molecule has 5 heteroatoms. The number of carboxylic acids is 1. The van der Waals surface area contributed by atoms with Crippen molar-refractivity contribution in [3.8, 4) is 5.75 Å². The first-order valence-electron chi connectivity index (χ1n) is 7.97. The molecule has 0 aromatic heterocycles. The van der Waals surface area contributed by atoms with Crippen molar-refractivity contribution in [1.29, 1.82) is 0 Å². The molecular weight excluding hydrogens is 309 g/mol. The maximum atomic E-state index is 13.6. The van der Waals surface area contributed by atoms with Gasteiger partial charge in [-0.05, 0) is 43.7 Å². The lowest BCUT2D eigenvalue weighted by Gasteiger charge is -2.23. The van der Waals surface area contributed by atoms with Crippen LogP contribution in [0.1, 0.15) is 30.0 Å². The molecule has 4 nitrogen and oxygen atoms in total. The Labute approximate surface area is 140 Å². The van der Waals surface area contributed by atoms with E-state index in [1.54, 1.807) is 18.2 Å². The van der Waals surface area contributed by atoms with Gasteiger partial charge in [0.2, 0.25) is 0 Å². The topological polar surface area (TPSA) is 49.8 Å². The number of rotatable bonds is 5. The minimum absolute atomic E-state index is 0.103. The molecule has 0 radical (unpaired) electrons. The predicted molar refractivity (Wildman–Crippen MR) is 88.3 cm³/mol. The second-order valence-corrected chi connectivity index (χ2v) is 6.06. The molecule has 0 amide bonds. The SMILES string of the molecule is CN1[C@@H](c2ccc(OCc3ccccc3F)cc2)CC[C@H]1C(=O)O. The summed E-state index contributed by atoms with van der Waals surface area (Å²) in [5.74, 6) is -0.385. The van der Waals surface area contributed by atoms with Crippen molar-refractivity contribution < 1.29 is 19.0 Å². The number of hydrogen-bond acceptors (Lipinski definition) is 3. The van der Waals surface area contributed by atoms with E-state index in [9.17, 15) is 14.3 Å². The first-order chi connectivity index (χ1) is 11.6. The number of ether oxygens (including phenoxy) is 1. The predicted octanol–water partition coefficient (Wildman–Crippen LogP) is 3.62. The Morgan fingerprint density at radius 3 is 2.54 bits per heavy atom. The van der Waals surface area contributed by atoms with E-state index < -0.39 is 12.0 Å². The van der Waals surface area contributed by atoms with Crippen LogP contribution in [0.3, 0.4) is 0 Å². The van der Waals surface area contributed by atoms with Crippen molar-refractivity contribution in [3.05, 3.63) is 65.5 Å². The van der Waals surface area contributed by atoms with Crippen LogP contribution in [0.2, 0.25) is 0 Å². The Balaban J connectivity index is 1.64. The Morgan fingerprint density at radius 1 is 1.21 bits per heavy atom. The lowest BCUT2D eigenvalue weighted by atomic mass is 10.0. The summed E-state index contributed by atoms with van der Waals surface area (Å²) in [7, 11) is 1.85. The molecule has 1 N–H and O–H groups in total. The highest BCUT2D eigenvalue weighted by molar-refractivity contribution is 5.74. The molecule has 0 unspecified atom stereocenters. The summed E-state index contributed by atoms with van der Waals surface area (Å²) >= 11 is 0. The average molecular weight is 329 g/mol. The first kappa shape index (κ1) is 16.5. The van der Waals surface area contributed by atoms with E-state index in [1.807, 2.05) is 36.2 Å². The van der Waals surface area contributed by atoms with Crippen molar-refractivity contribution >= 4 is 5.97 Å². The van der Waals surface area contributed by atoms with Crippen LogP contribution in [-0.4, -0.2) is 29.1 Å². The number of benzene rings is 2. The summed E-state index contributed by atoms with van der Waals surface area (Å²) in [6.07, 6.45) is 1.48. The van der Waals surface area contributed by atoms with E-state index in [1.165, 1.54) is 6.07 Å². The molecule has 0 saturated carbocycles. The fraction of sp³-hybridized carbons (Fsp3) is 0.316. The molecule has 2 aromatic carbocycles. The average Bonchev–Trinajstić information content (AvgIpc) is 2.96. The number of carbonyl (C=O) groups is 1. The highest BCUT2D eigenvalue weighted by atomic mass is 19.1. The van der Waals surface area contributed by atoms with Gasteiger partial charge in [-0.25, -0.2) is 4.39 Å². The minimum Gasteiger partial charge on any atom is -0.489 e. The van der Waals surface area contributed by atoms with Gasteiger partial charge in [-0.15, -0.1) is 0 Å². The minimum atomic E-state index is -0.773. The fourth-order valence-corrected chi connectivity index (χ4v) is 3.20. The summed E-state index contributed by atoms with van der Waals surface area (Å²) in [5.41, 5.74) is 1.58. The molecular formula is C19H20FNO3. The van der Waals surface area contributed by atoms with Crippen LogP contribution in [0, 0.1) is 5.82 Å². The Hall–Kier alpha value is -2.40. The molecule has 2 atom stereocenters. The number of likely N-dealkylation sites (N-methyl/N-ethyl adjacent to an activating group) is 1. The summed E-state index contributed by atoms with van der Waals surface area (Å²) in [5, 5.41) is 9.20.